The van der Waals surface area contributed by atoms with E-state index >= 15 is 0 Å². The zero-order valence-corrected chi connectivity index (χ0v) is 50.2. The van der Waals surface area contributed by atoms with Crippen molar-refractivity contribution in [1.29, 1.82) is 0 Å². The number of carbonyl (C=O) groups is 18. The Labute approximate surface area is 525 Å². The van der Waals surface area contributed by atoms with Crippen molar-refractivity contribution in [3.8, 4) is 0 Å². The van der Waals surface area contributed by atoms with Crippen LogP contribution in [0.3, 0.4) is 0 Å². The number of aliphatic hydroxyl groups excluding tert-OH is 8. The van der Waals surface area contributed by atoms with E-state index in [1.807, 2.05) is 53.2 Å². The highest BCUT2D eigenvalue weighted by Crippen LogP contribution is 2.03. The number of aliphatic hydroxyl groups is 8. The van der Waals surface area contributed by atoms with Gasteiger partial charge in [-0.15, -0.1) is 0 Å². The molecule has 45 nitrogen and oxygen atoms in total. The van der Waals surface area contributed by atoms with Gasteiger partial charge in [-0.25, -0.2) is 4.79 Å². The van der Waals surface area contributed by atoms with Crippen LogP contribution in [0.15, 0.2) is 0 Å². The number of primary amides is 2. The molecule has 17 amide bonds. The largest absolute Gasteiger partial charge is 0.480 e. The molecular weight excluding hydrogens is 1260 g/mol. The molecule has 0 saturated heterocycles. The fraction of sp³-hybridized carbons (Fsp3) is 0.625. The average molecular weight is 1340 g/mol. The average Bonchev–Trinajstić information content (AvgIpc) is 1.16. The van der Waals surface area contributed by atoms with Gasteiger partial charge in [-0.3, -0.25) is 81.5 Å². The van der Waals surface area contributed by atoms with Gasteiger partial charge in [0.05, 0.1) is 90.9 Å². The minimum Gasteiger partial charge on any atom is -0.480 e. The summed E-state index contributed by atoms with van der Waals surface area (Å²) in [5, 5.41) is 117. The second-order valence-electron chi connectivity index (χ2n) is 19.8. The first kappa shape index (κ1) is 83.1. The van der Waals surface area contributed by atoms with E-state index in [4.69, 9.17) is 32.5 Å². The van der Waals surface area contributed by atoms with Crippen molar-refractivity contribution in [2.45, 2.75) is 125 Å². The molecule has 0 aliphatic rings. The Balaban J connectivity index is 5.60. The molecule has 14 atom stereocenters. The monoisotopic (exact) mass is 1340 g/mol. The Morgan fingerprint density at radius 2 is 0.581 bits per heavy atom. The summed E-state index contributed by atoms with van der Waals surface area (Å²) in [6.07, 6.45) is -5.36. The third-order valence-electron chi connectivity index (χ3n) is 12.1. The number of carboxylic acid groups (broad SMARTS) is 1. The molecule has 0 heterocycles. The molecule has 14 unspecified atom stereocenters. The van der Waals surface area contributed by atoms with Gasteiger partial charge in [-0.1, -0.05) is 0 Å². The number of amides is 17. The highest BCUT2D eigenvalue weighted by Gasteiger charge is 2.36. The third-order valence-corrected chi connectivity index (χ3v) is 12.1. The molecule has 0 aromatic rings. The molecule has 0 spiro atoms. The number of carboxylic acids is 1. The summed E-state index contributed by atoms with van der Waals surface area (Å²) in [7, 11) is 0. The van der Waals surface area contributed by atoms with Crippen LogP contribution in [0.2, 0.25) is 0 Å². The maximum atomic E-state index is 13.3. The van der Waals surface area contributed by atoms with Crippen LogP contribution in [0.1, 0.15) is 40.5 Å². The summed E-state index contributed by atoms with van der Waals surface area (Å²) >= 11 is 0. The molecule has 0 aromatic heterocycles. The molecule has 0 rings (SSSR count). The number of aliphatic carboxylic acids is 1. The van der Waals surface area contributed by atoms with Crippen LogP contribution in [-0.4, -0.2) is 303 Å². The normalized spacial score (nSPS) is 15.3. The van der Waals surface area contributed by atoms with Crippen molar-refractivity contribution >= 4 is 106 Å². The smallest absolute Gasteiger partial charge is 0.328 e. The van der Waals surface area contributed by atoms with Gasteiger partial charge >= 0.3 is 5.97 Å². The Morgan fingerprint density at radius 1 is 0.312 bits per heavy atom. The predicted octanol–water partition coefficient (Wildman–Crippen LogP) is -19.3. The molecule has 30 N–H and O–H groups in total. The van der Waals surface area contributed by atoms with Crippen LogP contribution in [0, 0.1) is 0 Å². The standard InChI is InChI=1S/C48H80N18O27/c1-17(56-42(86)22(5-29(50)75)62-44(88)26(14-70)59-31(77)7-52-39(83)21(49)11-67)37(81)65-35(19(3)73)46(90)55-10-33(79)58-24(12-68)40(84)53-8-32(78)60-27(15-71)45(89)63-23(6-30(51)76)43(87)57-18(2)38(82)66-36(20(4)74)47(91)64-25(13-69)41(85)54-9-34(80)61-28(16-72)48(92)93/h17-28,35-36,67-74H,5-16,49H2,1-4H3,(H2,50,75)(H2,51,76)(H,52,83)(H,53,84)(H,54,85)(H,55,90)(H,56,86)(H,57,87)(H,58,79)(H,59,77)(H,60,78)(H,61,80)(H,62,88)(H,63,89)(H,64,91)(H,65,81)(H,66,82)(H,92,93). The molecule has 0 bridgehead atoms. The summed E-state index contributed by atoms with van der Waals surface area (Å²) in [6.45, 7) is -5.98. The van der Waals surface area contributed by atoms with Crippen molar-refractivity contribution in [1.82, 2.24) is 79.8 Å². The Hall–Kier alpha value is -9.90. The number of carbonyl (C=O) groups excluding carboxylic acids is 17. The zero-order valence-electron chi connectivity index (χ0n) is 50.2. The van der Waals surface area contributed by atoms with Gasteiger partial charge in [0.15, 0.2) is 0 Å². The number of nitrogens with one attached hydrogen (secondary N) is 15. The van der Waals surface area contributed by atoms with Crippen LogP contribution in [0.4, 0.5) is 0 Å². The topological polar surface area (TPSA) is 748 Å². The molecule has 93 heavy (non-hydrogen) atoms. The highest BCUT2D eigenvalue weighted by molar-refractivity contribution is 6.01. The summed E-state index contributed by atoms with van der Waals surface area (Å²) in [5.74, 6) is -22.2. The molecule has 0 saturated carbocycles. The van der Waals surface area contributed by atoms with Gasteiger partial charge in [0.2, 0.25) is 100 Å². The quantitative estimate of drug-likeness (QED) is 0.0270. The van der Waals surface area contributed by atoms with E-state index < -0.39 is 270 Å². The maximum Gasteiger partial charge on any atom is 0.328 e. The molecule has 0 aliphatic carbocycles. The SMILES string of the molecule is CC(NC(=O)C(CC(N)=O)NC(=O)C(CO)NC(=O)CNC(=O)C(N)CO)C(=O)NC(C(=O)NCC(=O)NC(CO)C(=O)NCC(=O)NC(CO)C(=O)NC(CC(N)=O)C(=O)NC(C)C(=O)NC(C(=O)NC(CO)C(=O)NCC(=O)NC(CO)C(=O)O)C(C)O)C(C)O. The van der Waals surface area contributed by atoms with Gasteiger partial charge in [0.25, 0.3) is 0 Å². The van der Waals surface area contributed by atoms with Crippen LogP contribution >= 0.6 is 0 Å². The van der Waals surface area contributed by atoms with Crippen molar-refractivity contribution in [2.75, 3.05) is 65.8 Å². The zero-order chi connectivity index (χ0) is 71.6. The van der Waals surface area contributed by atoms with Gasteiger partial charge in [0.1, 0.15) is 72.5 Å². The van der Waals surface area contributed by atoms with Gasteiger partial charge in [-0.05, 0) is 27.7 Å². The third kappa shape index (κ3) is 31.1. The van der Waals surface area contributed by atoms with Crippen LogP contribution in [0.25, 0.3) is 0 Å². The Kier molecular flexibility index (Phi) is 37.7. The Bertz CT molecular complexity index is 2700. The first-order chi connectivity index (χ1) is 43.4. The van der Waals surface area contributed by atoms with E-state index in [2.05, 4.69) is 26.6 Å². The molecular formula is C48H80N18O27. The minimum atomic E-state index is -1.96. The Morgan fingerprint density at radius 3 is 0.882 bits per heavy atom. The van der Waals surface area contributed by atoms with Crippen molar-refractivity contribution < 1.29 is 132 Å². The number of nitrogens with two attached hydrogens (primary N) is 3. The molecule has 0 aliphatic heterocycles. The fourth-order valence-corrected chi connectivity index (χ4v) is 6.94. The second-order valence-corrected chi connectivity index (χ2v) is 19.8. The molecule has 524 valence electrons. The van der Waals surface area contributed by atoms with Crippen LogP contribution in [-0.2, 0) is 86.3 Å². The number of rotatable bonds is 43. The maximum absolute atomic E-state index is 13.3. The van der Waals surface area contributed by atoms with E-state index in [0.717, 1.165) is 27.7 Å². The molecule has 0 aromatic carbocycles. The van der Waals surface area contributed by atoms with E-state index in [-0.39, 0.29) is 0 Å². The van der Waals surface area contributed by atoms with Crippen molar-refractivity contribution in [3.05, 3.63) is 0 Å². The van der Waals surface area contributed by atoms with E-state index in [1.165, 1.54) is 0 Å². The van der Waals surface area contributed by atoms with E-state index in [1.54, 1.807) is 0 Å². The number of hydrogen-bond acceptors (Lipinski definition) is 27. The van der Waals surface area contributed by atoms with Gasteiger partial charge in [-0.2, -0.15) is 0 Å². The van der Waals surface area contributed by atoms with Gasteiger partial charge in [0, 0.05) is 0 Å². The summed E-state index contributed by atoms with van der Waals surface area (Å²) < 4.78 is 0. The van der Waals surface area contributed by atoms with Crippen molar-refractivity contribution in [2.24, 2.45) is 17.2 Å². The first-order valence-electron chi connectivity index (χ1n) is 27.4. The minimum absolute atomic E-state index is 0.762. The lowest BCUT2D eigenvalue weighted by Gasteiger charge is -2.26. The van der Waals surface area contributed by atoms with E-state index in [0.29, 0.717) is 0 Å². The summed E-state index contributed by atoms with van der Waals surface area (Å²) in [4.78, 5) is 226. The van der Waals surface area contributed by atoms with Crippen LogP contribution < -0.4 is 97.0 Å². The fourth-order valence-electron chi connectivity index (χ4n) is 6.94. The lowest BCUT2D eigenvalue weighted by Crippen LogP contribution is -2.61. The first-order valence-corrected chi connectivity index (χ1v) is 27.4. The lowest BCUT2D eigenvalue weighted by molar-refractivity contribution is -0.143. The molecule has 45 heteroatoms. The summed E-state index contributed by atoms with van der Waals surface area (Å²) in [5.41, 5.74) is 15.8. The van der Waals surface area contributed by atoms with Gasteiger partial charge < -0.3 is 143 Å². The predicted molar refractivity (Wildman–Crippen MR) is 304 cm³/mol. The second kappa shape index (κ2) is 42.2. The summed E-state index contributed by atoms with van der Waals surface area (Å²) in [6, 6.07) is -21.5. The highest BCUT2D eigenvalue weighted by atomic mass is 16.4. The molecule has 0 radical (unpaired) electrons. The van der Waals surface area contributed by atoms with E-state index in [9.17, 15) is 117 Å². The van der Waals surface area contributed by atoms with Crippen molar-refractivity contribution in [3.63, 3.8) is 0 Å². The lowest BCUT2D eigenvalue weighted by atomic mass is 10.1. The number of hydrogen-bond donors (Lipinski definition) is 27. The van der Waals surface area contributed by atoms with Crippen LogP contribution in [0.5, 0.6) is 0 Å². The molecule has 0 fully saturated rings.